The van der Waals surface area contributed by atoms with Crippen molar-refractivity contribution in [1.29, 1.82) is 0 Å². The summed E-state index contributed by atoms with van der Waals surface area (Å²) in [5, 5.41) is 0. The van der Waals surface area contributed by atoms with Crippen molar-refractivity contribution < 1.29 is 8.42 Å². The van der Waals surface area contributed by atoms with E-state index in [4.69, 9.17) is 0 Å². The van der Waals surface area contributed by atoms with Crippen LogP contribution in [0.4, 0.5) is 5.69 Å². The molecule has 2 heterocycles. The maximum absolute atomic E-state index is 11.6. The first-order valence-electron chi connectivity index (χ1n) is 10.9. The molecule has 0 radical (unpaired) electrons. The lowest BCUT2D eigenvalue weighted by Crippen LogP contribution is -2.24. The molecule has 1 aliphatic heterocycles. The van der Waals surface area contributed by atoms with Crippen molar-refractivity contribution in [1.82, 2.24) is 4.98 Å². The zero-order valence-electron chi connectivity index (χ0n) is 18.4. The third-order valence-corrected chi connectivity index (χ3v) is 6.44. The van der Waals surface area contributed by atoms with Crippen LogP contribution >= 0.6 is 0 Å². The number of anilines is 1. The van der Waals surface area contributed by atoms with Crippen LogP contribution in [0.5, 0.6) is 0 Å². The van der Waals surface area contributed by atoms with E-state index in [1.807, 2.05) is 6.07 Å². The van der Waals surface area contributed by atoms with E-state index in [2.05, 4.69) is 42.9 Å². The van der Waals surface area contributed by atoms with Gasteiger partial charge in [-0.05, 0) is 42.2 Å². The molecule has 1 aliphatic rings. The van der Waals surface area contributed by atoms with Crippen LogP contribution in [-0.2, 0) is 16.3 Å². The predicted octanol–water partition coefficient (Wildman–Crippen LogP) is 5.90. The Labute approximate surface area is 177 Å². The molecule has 1 aromatic carbocycles. The van der Waals surface area contributed by atoms with Gasteiger partial charge >= 0.3 is 0 Å². The van der Waals surface area contributed by atoms with Gasteiger partial charge in [0.25, 0.3) is 0 Å². The zero-order chi connectivity index (χ0) is 21.3. The van der Waals surface area contributed by atoms with E-state index < -0.39 is 9.84 Å². The summed E-state index contributed by atoms with van der Waals surface area (Å²) in [6.45, 7) is 5.59. The Morgan fingerprint density at radius 2 is 1.66 bits per heavy atom. The highest BCUT2D eigenvalue weighted by Crippen LogP contribution is 2.31. The average molecular weight is 417 g/mol. The second kappa shape index (κ2) is 11.3. The minimum atomic E-state index is -3.23. The van der Waals surface area contributed by atoms with Gasteiger partial charge in [-0.15, -0.1) is 0 Å². The summed E-state index contributed by atoms with van der Waals surface area (Å²) in [4.78, 5) is 6.58. The van der Waals surface area contributed by atoms with Crippen molar-refractivity contribution in [2.75, 3.05) is 24.7 Å². The van der Waals surface area contributed by atoms with Crippen LogP contribution in [0.3, 0.4) is 0 Å². The van der Waals surface area contributed by atoms with Gasteiger partial charge in [0.15, 0.2) is 9.84 Å². The third kappa shape index (κ3) is 7.14. The zero-order valence-corrected chi connectivity index (χ0v) is 19.3. The lowest BCUT2D eigenvalue weighted by Gasteiger charge is -2.27. The van der Waals surface area contributed by atoms with Crippen LogP contribution in [0, 0.1) is 0 Å². The number of sulfone groups is 1. The maximum Gasteiger partial charge on any atom is 0.177 e. The minimum absolute atomic E-state index is 0.259. The number of rotatable bonds is 7. The number of aromatic nitrogens is 1. The van der Waals surface area contributed by atoms with Crippen LogP contribution in [0.25, 0.3) is 11.1 Å². The number of aryl methyl sites for hydroxylation is 1. The van der Waals surface area contributed by atoms with Crippen molar-refractivity contribution in [3.05, 3.63) is 42.2 Å². The Morgan fingerprint density at radius 3 is 2.28 bits per heavy atom. The number of fused-ring (bicyclic) bond motifs is 1. The second-order valence-corrected chi connectivity index (χ2v) is 9.98. The Hall–Kier alpha value is -1.88. The summed E-state index contributed by atoms with van der Waals surface area (Å²) in [6.07, 6.45) is 15.0. The van der Waals surface area contributed by atoms with Gasteiger partial charge < -0.3 is 4.90 Å². The molecule has 0 saturated heterocycles. The molecule has 0 amide bonds. The number of pyridine rings is 1. The van der Waals surface area contributed by atoms with Crippen LogP contribution in [0.1, 0.15) is 64.4 Å². The van der Waals surface area contributed by atoms with Gasteiger partial charge in [0.2, 0.25) is 0 Å². The first-order chi connectivity index (χ1) is 13.9. The molecule has 1 aromatic heterocycles. The van der Waals surface area contributed by atoms with E-state index in [0.717, 1.165) is 30.5 Å². The lowest BCUT2D eigenvalue weighted by atomic mass is 9.97. The second-order valence-electron chi connectivity index (χ2n) is 7.96. The van der Waals surface area contributed by atoms with Gasteiger partial charge in [-0.3, -0.25) is 4.98 Å². The highest BCUT2D eigenvalue weighted by atomic mass is 32.2. The van der Waals surface area contributed by atoms with Crippen molar-refractivity contribution in [3.8, 4) is 11.1 Å². The summed E-state index contributed by atoms with van der Waals surface area (Å²) >= 11 is 0. The standard InChI is InChI=1S/C16H18N2O2S.C8H18/c1-18-7-3-4-13-8-12(5-6-16(13)18)14-9-15(11-17-10-14)21(2,19)20;1-3-5-7-8-6-4-2/h5-6,8-11H,3-4,7H2,1-2H3;3-8H2,1-2H3. The van der Waals surface area contributed by atoms with Crippen LogP contribution < -0.4 is 4.90 Å². The molecule has 29 heavy (non-hydrogen) atoms. The lowest BCUT2D eigenvalue weighted by molar-refractivity contribution is 0.601. The van der Waals surface area contributed by atoms with Gasteiger partial charge in [0.1, 0.15) is 0 Å². The third-order valence-electron chi connectivity index (χ3n) is 5.36. The van der Waals surface area contributed by atoms with Crippen LogP contribution in [0.2, 0.25) is 0 Å². The van der Waals surface area contributed by atoms with Crippen molar-refractivity contribution >= 4 is 15.5 Å². The fraction of sp³-hybridized carbons (Fsp3) is 0.542. The first kappa shape index (κ1) is 23.4. The van der Waals surface area contributed by atoms with E-state index in [0.29, 0.717) is 0 Å². The Bertz CT molecular complexity index is 872. The molecule has 0 atom stereocenters. The molecule has 5 heteroatoms. The molecule has 0 spiro atoms. The van der Waals surface area contributed by atoms with Crippen LogP contribution in [0.15, 0.2) is 41.6 Å². The topological polar surface area (TPSA) is 50.3 Å². The molecular weight excluding hydrogens is 380 g/mol. The molecule has 0 fully saturated rings. The Morgan fingerprint density at radius 1 is 0.966 bits per heavy atom. The molecule has 0 unspecified atom stereocenters. The molecule has 160 valence electrons. The minimum Gasteiger partial charge on any atom is -0.374 e. The summed E-state index contributed by atoms with van der Waals surface area (Å²) in [5.74, 6) is 0. The van der Waals surface area contributed by atoms with Crippen molar-refractivity contribution in [3.63, 3.8) is 0 Å². The quantitative estimate of drug-likeness (QED) is 0.527. The van der Waals surface area contributed by atoms with Gasteiger partial charge in [-0.2, -0.15) is 0 Å². The Balaban J connectivity index is 0.000000321. The molecule has 2 aromatic rings. The summed E-state index contributed by atoms with van der Waals surface area (Å²) in [5.41, 5.74) is 4.43. The molecule has 3 rings (SSSR count). The molecule has 0 aliphatic carbocycles. The smallest absolute Gasteiger partial charge is 0.177 e. The monoisotopic (exact) mass is 416 g/mol. The first-order valence-corrected chi connectivity index (χ1v) is 12.8. The van der Waals surface area contributed by atoms with Gasteiger partial charge in [-0.1, -0.05) is 58.4 Å². The summed E-state index contributed by atoms with van der Waals surface area (Å²) in [7, 11) is -1.13. The number of hydrogen-bond donors (Lipinski definition) is 0. The molecular formula is C24H36N2O2S. The highest BCUT2D eigenvalue weighted by Gasteiger charge is 2.15. The number of unbranched alkanes of at least 4 members (excludes halogenated alkanes) is 5. The van der Waals surface area contributed by atoms with Gasteiger partial charge in [-0.25, -0.2) is 8.42 Å². The van der Waals surface area contributed by atoms with E-state index >= 15 is 0 Å². The summed E-state index contributed by atoms with van der Waals surface area (Å²) < 4.78 is 23.3. The SMILES string of the molecule is CCCCCCCC.CN1CCCc2cc(-c3cncc(S(C)(=O)=O)c3)ccc21. The number of nitrogens with zero attached hydrogens (tertiary/aromatic N) is 2. The van der Waals surface area contributed by atoms with Crippen molar-refractivity contribution in [2.24, 2.45) is 0 Å². The largest absolute Gasteiger partial charge is 0.374 e. The van der Waals surface area contributed by atoms with Crippen molar-refractivity contribution in [2.45, 2.75) is 70.1 Å². The van der Waals surface area contributed by atoms with E-state index in [-0.39, 0.29) is 4.90 Å². The number of benzene rings is 1. The van der Waals surface area contributed by atoms with Gasteiger partial charge in [0, 0.05) is 43.5 Å². The van der Waals surface area contributed by atoms with E-state index in [1.54, 1.807) is 12.3 Å². The van der Waals surface area contributed by atoms with Gasteiger partial charge in [0.05, 0.1) is 4.90 Å². The fourth-order valence-electron chi connectivity index (χ4n) is 3.60. The maximum atomic E-state index is 11.6. The average Bonchev–Trinajstić information content (AvgIpc) is 2.71. The molecule has 0 saturated carbocycles. The Kier molecular flexibility index (Phi) is 9.15. The van der Waals surface area contributed by atoms with E-state index in [1.165, 1.54) is 62.2 Å². The summed E-state index contributed by atoms with van der Waals surface area (Å²) in [6, 6.07) is 7.98. The molecule has 0 bridgehead atoms. The highest BCUT2D eigenvalue weighted by molar-refractivity contribution is 7.90. The van der Waals surface area contributed by atoms with E-state index in [9.17, 15) is 8.42 Å². The molecule has 4 nitrogen and oxygen atoms in total. The molecule has 0 N–H and O–H groups in total. The fourth-order valence-corrected chi connectivity index (χ4v) is 4.19. The van der Waals surface area contributed by atoms with Crippen LogP contribution in [-0.4, -0.2) is 33.2 Å². The normalized spacial score (nSPS) is 13.4. The predicted molar refractivity (Wildman–Crippen MR) is 123 cm³/mol. The number of hydrogen-bond acceptors (Lipinski definition) is 4.